The van der Waals surface area contributed by atoms with E-state index in [0.29, 0.717) is 0 Å². The summed E-state index contributed by atoms with van der Waals surface area (Å²) in [5, 5.41) is 0. The minimum Gasteiger partial charge on any atom is -0.759 e. The summed E-state index contributed by atoms with van der Waals surface area (Å²) in [5.74, 6) is 0. The topological polar surface area (TPSA) is 80.3 Å². The molecule has 0 atom stereocenters. The van der Waals surface area contributed by atoms with Crippen LogP contribution in [0.1, 0.15) is 0 Å². The monoisotopic (exact) mass is 373 g/mol. The van der Waals surface area contributed by atoms with Gasteiger partial charge in [0.1, 0.15) is 0 Å². The molecule has 0 heterocycles. The van der Waals surface area contributed by atoms with Crippen molar-refractivity contribution in [3.63, 3.8) is 0 Å². The maximum Gasteiger partial charge on any atom is 3.00 e. The Kier molecular flexibility index (Phi) is 47.8. The zero-order valence-electron chi connectivity index (χ0n) is 4.74. The predicted octanol–water partition coefficient (Wildman–Crippen LogP) is -2.86. The minimum atomic E-state index is -5.17. The Balaban J connectivity index is -0.0000000133. The molecule has 0 fully saturated rings. The normalized spacial score (nSPS) is 6.44. The Labute approximate surface area is 158 Å². The van der Waals surface area contributed by atoms with Crippen molar-refractivity contribution in [2.45, 2.75) is 0 Å². The fourth-order valence-electron chi connectivity index (χ4n) is 0. The summed E-state index contributed by atoms with van der Waals surface area (Å²) < 4.78 is 34.1. The molecule has 0 bridgehead atoms. The maximum absolute atomic E-state index is 8.52. The van der Waals surface area contributed by atoms with Crippen molar-refractivity contribution >= 4 is 145 Å². The fourth-order valence-corrected chi connectivity index (χ4v) is 0. The molecule has 4 nitrogen and oxygen atoms in total. The summed E-state index contributed by atoms with van der Waals surface area (Å²) in [6.07, 6.45) is 0. The molecule has 0 rings (SSSR count). The van der Waals surface area contributed by atoms with E-state index in [2.05, 4.69) is 0 Å². The van der Waals surface area contributed by atoms with Gasteiger partial charge in [0, 0.05) is 10.4 Å². The largest absolute Gasteiger partial charge is 3.00 e. The second-order valence-corrected chi connectivity index (χ2v) is 1.22. The SMILES string of the molecule is O=S(=O)([O-])[O-].[Al+3].[Ba+2].[Mg+2].[Sr+2]. The number of rotatable bonds is 0. The van der Waals surface area contributed by atoms with Crippen molar-refractivity contribution < 1.29 is 17.5 Å². The van der Waals surface area contributed by atoms with Crippen molar-refractivity contribution in [2.75, 3.05) is 0 Å². The molecule has 0 saturated heterocycles. The van der Waals surface area contributed by atoms with Gasteiger partial charge in [-0.25, -0.2) is 0 Å². The van der Waals surface area contributed by atoms with Crippen molar-refractivity contribution in [1.82, 2.24) is 0 Å². The first-order valence-electron chi connectivity index (χ1n) is 0.667. The summed E-state index contributed by atoms with van der Waals surface area (Å²) >= 11 is 0. The first kappa shape index (κ1) is 29.2. The Hall–Kier alpha value is 4.22. The van der Waals surface area contributed by atoms with E-state index in [9.17, 15) is 0 Å². The molecule has 0 aliphatic heterocycles. The first-order valence-corrected chi connectivity index (χ1v) is 2.00. The smallest absolute Gasteiger partial charge is 0.759 e. The Morgan fingerprint density at radius 1 is 1.11 bits per heavy atom. The predicted molar refractivity (Wildman–Crippen MR) is 33.5 cm³/mol. The van der Waals surface area contributed by atoms with Gasteiger partial charge in [0.25, 0.3) is 0 Å². The molecule has 0 aromatic carbocycles. The van der Waals surface area contributed by atoms with Crippen LogP contribution in [0.2, 0.25) is 0 Å². The van der Waals surface area contributed by atoms with E-state index in [-0.39, 0.29) is 135 Å². The van der Waals surface area contributed by atoms with Crippen LogP contribution in [0.15, 0.2) is 0 Å². The van der Waals surface area contributed by atoms with Crippen LogP contribution in [-0.2, 0) is 10.4 Å². The Morgan fingerprint density at radius 2 is 1.11 bits per heavy atom. The third-order valence-corrected chi connectivity index (χ3v) is 0. The maximum atomic E-state index is 8.52. The first-order chi connectivity index (χ1) is 2.00. The third kappa shape index (κ3) is 71.7. The molecule has 0 aliphatic carbocycles. The van der Waals surface area contributed by atoms with Crippen molar-refractivity contribution in [2.24, 2.45) is 0 Å². The Morgan fingerprint density at radius 3 is 1.11 bits per heavy atom. The molecule has 9 heteroatoms. The quantitative estimate of drug-likeness (QED) is 0.260. The van der Waals surface area contributed by atoms with Crippen LogP contribution in [-0.4, -0.2) is 152 Å². The van der Waals surface area contributed by atoms with Crippen LogP contribution in [0, 0.1) is 0 Å². The second-order valence-electron chi connectivity index (χ2n) is 0.408. The summed E-state index contributed by atoms with van der Waals surface area (Å²) in [6.45, 7) is 0. The molecule has 0 radical (unpaired) electrons. The van der Waals surface area contributed by atoms with E-state index in [4.69, 9.17) is 17.5 Å². The van der Waals surface area contributed by atoms with Gasteiger partial charge in [-0.15, -0.1) is 0 Å². The summed E-state index contributed by atoms with van der Waals surface area (Å²) in [6, 6.07) is 0. The molecule has 32 valence electrons. The van der Waals surface area contributed by atoms with Crippen LogP contribution in [0.5, 0.6) is 0 Å². The van der Waals surface area contributed by atoms with Crippen LogP contribution < -0.4 is 0 Å². The molecule has 0 N–H and O–H groups in total. The van der Waals surface area contributed by atoms with Crippen LogP contribution in [0.4, 0.5) is 0 Å². The van der Waals surface area contributed by atoms with Gasteiger partial charge in [-0.2, -0.15) is 0 Å². The molecule has 0 aliphatic rings. The van der Waals surface area contributed by atoms with Crippen LogP contribution in [0.3, 0.4) is 0 Å². The van der Waals surface area contributed by atoms with Gasteiger partial charge in [0.15, 0.2) is 0 Å². The number of hydrogen-bond acceptors (Lipinski definition) is 4. The van der Waals surface area contributed by atoms with Gasteiger partial charge >= 0.3 is 135 Å². The average molecular weight is 372 g/mol. The molecule has 0 aromatic heterocycles. The van der Waals surface area contributed by atoms with Crippen LogP contribution in [0.25, 0.3) is 0 Å². The molecule has 0 spiro atoms. The van der Waals surface area contributed by atoms with E-state index in [1.165, 1.54) is 0 Å². The summed E-state index contributed by atoms with van der Waals surface area (Å²) in [7, 11) is -5.17. The van der Waals surface area contributed by atoms with Crippen molar-refractivity contribution in [3.8, 4) is 0 Å². The molecular weight excluding hydrogens is 372 g/mol. The molecule has 9 heavy (non-hydrogen) atoms. The van der Waals surface area contributed by atoms with Gasteiger partial charge in [-0.3, -0.25) is 8.42 Å². The molecule has 0 amide bonds. The zero-order valence-corrected chi connectivity index (χ0v) is 16.0. The van der Waals surface area contributed by atoms with E-state index in [0.717, 1.165) is 0 Å². The van der Waals surface area contributed by atoms with E-state index >= 15 is 0 Å². The molecule has 0 saturated carbocycles. The zero-order chi connectivity index (χ0) is 4.50. The van der Waals surface area contributed by atoms with Gasteiger partial charge < -0.3 is 9.11 Å². The molecular formula is AlBaMgO4SSr+7. The molecule has 0 unspecified atom stereocenters. The van der Waals surface area contributed by atoms with Crippen LogP contribution >= 0.6 is 0 Å². The summed E-state index contributed by atoms with van der Waals surface area (Å²) in [4.78, 5) is 0. The van der Waals surface area contributed by atoms with E-state index < -0.39 is 10.4 Å². The standard InChI is InChI=1S/Al.Ba.Mg.H2O4S.Sr/c;;;1-5(2,3)4;/h;;;(H2,1,2,3,4);/q+3;2*+2;;+2/p-2. The van der Waals surface area contributed by atoms with Gasteiger partial charge in [-0.05, 0) is 0 Å². The fraction of sp³-hybridized carbons (Fsp3) is 0. The van der Waals surface area contributed by atoms with Crippen molar-refractivity contribution in [3.05, 3.63) is 0 Å². The minimum absolute atomic E-state index is 0. The van der Waals surface area contributed by atoms with Gasteiger partial charge in [0.05, 0.1) is 0 Å². The Bertz CT molecular complexity index is 104. The van der Waals surface area contributed by atoms with Gasteiger partial charge in [0.2, 0.25) is 0 Å². The van der Waals surface area contributed by atoms with Crippen molar-refractivity contribution in [1.29, 1.82) is 0 Å². The van der Waals surface area contributed by atoms with Gasteiger partial charge in [-0.1, -0.05) is 0 Å². The average Bonchev–Trinajstić information content (AvgIpc) is 0.722. The van der Waals surface area contributed by atoms with E-state index in [1.54, 1.807) is 0 Å². The second kappa shape index (κ2) is 14.7. The summed E-state index contributed by atoms with van der Waals surface area (Å²) in [5.41, 5.74) is 0. The number of hydrogen-bond donors (Lipinski definition) is 0. The van der Waals surface area contributed by atoms with E-state index in [1.807, 2.05) is 0 Å². The third-order valence-electron chi connectivity index (χ3n) is 0. The molecule has 0 aromatic rings.